The normalized spacial score (nSPS) is 16.9. The van der Waals surface area contributed by atoms with Gasteiger partial charge in [-0.3, -0.25) is 4.79 Å². The van der Waals surface area contributed by atoms with Crippen LogP contribution in [-0.2, 0) is 16.8 Å². The number of nitrogens with one attached hydrogen (secondary N) is 1. The molecule has 1 N–H and O–H groups in total. The molecule has 0 radical (unpaired) electrons. The van der Waals surface area contributed by atoms with Crippen LogP contribution < -0.4 is 14.8 Å². The van der Waals surface area contributed by atoms with Gasteiger partial charge in [0.15, 0.2) is 11.5 Å². The third kappa shape index (κ3) is 2.54. The van der Waals surface area contributed by atoms with E-state index in [2.05, 4.69) is 24.4 Å². The van der Waals surface area contributed by atoms with Crippen LogP contribution in [0.3, 0.4) is 0 Å². The summed E-state index contributed by atoms with van der Waals surface area (Å²) in [6.07, 6.45) is 1.76. The molecule has 0 bridgehead atoms. The third-order valence-electron chi connectivity index (χ3n) is 4.65. The highest BCUT2D eigenvalue weighted by Crippen LogP contribution is 2.50. The SMILES string of the molecule is Cc1cccc(CNC(=O)C2(c3ccc4c(c3)OCO4)CC2)c1. The molecule has 4 nitrogen and oxygen atoms in total. The molecule has 2 aromatic rings. The van der Waals surface area contributed by atoms with Crippen molar-refractivity contribution in [2.24, 2.45) is 0 Å². The molecule has 1 aliphatic heterocycles. The minimum absolute atomic E-state index is 0.0953. The fourth-order valence-corrected chi connectivity index (χ4v) is 3.14. The van der Waals surface area contributed by atoms with Crippen molar-refractivity contribution in [2.45, 2.75) is 31.7 Å². The van der Waals surface area contributed by atoms with E-state index in [4.69, 9.17) is 9.47 Å². The van der Waals surface area contributed by atoms with Crippen LogP contribution >= 0.6 is 0 Å². The second kappa shape index (κ2) is 5.30. The molecule has 0 aromatic heterocycles. The Morgan fingerprint density at radius 1 is 1.13 bits per heavy atom. The Morgan fingerprint density at radius 2 is 1.96 bits per heavy atom. The molecule has 1 heterocycles. The van der Waals surface area contributed by atoms with E-state index in [9.17, 15) is 4.79 Å². The predicted octanol–water partition coefficient (Wildman–Crippen LogP) is 3.07. The zero-order valence-electron chi connectivity index (χ0n) is 13.1. The quantitative estimate of drug-likeness (QED) is 0.944. The van der Waals surface area contributed by atoms with Crippen molar-refractivity contribution in [1.82, 2.24) is 5.32 Å². The number of benzene rings is 2. The zero-order chi connectivity index (χ0) is 15.9. The van der Waals surface area contributed by atoms with Gasteiger partial charge in [-0.1, -0.05) is 35.9 Å². The number of carbonyl (C=O) groups is 1. The van der Waals surface area contributed by atoms with Gasteiger partial charge in [0.2, 0.25) is 12.7 Å². The summed E-state index contributed by atoms with van der Waals surface area (Å²) < 4.78 is 10.8. The van der Waals surface area contributed by atoms with E-state index in [1.54, 1.807) is 0 Å². The van der Waals surface area contributed by atoms with Crippen molar-refractivity contribution >= 4 is 5.91 Å². The van der Waals surface area contributed by atoms with Crippen LogP contribution in [0.2, 0.25) is 0 Å². The van der Waals surface area contributed by atoms with Gasteiger partial charge in [-0.2, -0.15) is 0 Å². The summed E-state index contributed by atoms with van der Waals surface area (Å²) >= 11 is 0. The molecule has 1 amide bonds. The number of hydrogen-bond acceptors (Lipinski definition) is 3. The van der Waals surface area contributed by atoms with Crippen LogP contribution in [0.15, 0.2) is 42.5 Å². The predicted molar refractivity (Wildman–Crippen MR) is 86.5 cm³/mol. The first kappa shape index (κ1) is 14.1. The highest BCUT2D eigenvalue weighted by Gasteiger charge is 2.51. The number of fused-ring (bicyclic) bond motifs is 1. The van der Waals surface area contributed by atoms with Gasteiger partial charge in [0.05, 0.1) is 5.41 Å². The Hall–Kier alpha value is -2.49. The van der Waals surface area contributed by atoms with Crippen molar-refractivity contribution in [3.63, 3.8) is 0 Å². The second-order valence-corrected chi connectivity index (χ2v) is 6.32. The Labute approximate surface area is 135 Å². The van der Waals surface area contributed by atoms with Crippen molar-refractivity contribution in [2.75, 3.05) is 6.79 Å². The second-order valence-electron chi connectivity index (χ2n) is 6.32. The first-order valence-electron chi connectivity index (χ1n) is 7.91. The van der Waals surface area contributed by atoms with Gasteiger partial charge < -0.3 is 14.8 Å². The van der Waals surface area contributed by atoms with Crippen molar-refractivity contribution in [1.29, 1.82) is 0 Å². The third-order valence-corrected chi connectivity index (χ3v) is 4.65. The van der Waals surface area contributed by atoms with Crippen LogP contribution in [0.5, 0.6) is 11.5 Å². The number of rotatable bonds is 4. The van der Waals surface area contributed by atoms with E-state index < -0.39 is 5.41 Å². The van der Waals surface area contributed by atoms with Crippen LogP contribution in [0.25, 0.3) is 0 Å². The maximum absolute atomic E-state index is 12.7. The smallest absolute Gasteiger partial charge is 0.231 e. The first-order valence-corrected chi connectivity index (χ1v) is 7.91. The van der Waals surface area contributed by atoms with Crippen LogP contribution in [-0.4, -0.2) is 12.7 Å². The van der Waals surface area contributed by atoms with Gasteiger partial charge in [-0.25, -0.2) is 0 Å². The average Bonchev–Trinajstić information content (AvgIpc) is 3.24. The fourth-order valence-electron chi connectivity index (χ4n) is 3.14. The fraction of sp³-hybridized carbons (Fsp3) is 0.316. The maximum Gasteiger partial charge on any atom is 0.231 e. The van der Waals surface area contributed by atoms with Crippen molar-refractivity contribution in [3.05, 3.63) is 59.2 Å². The summed E-state index contributed by atoms with van der Waals surface area (Å²) in [5, 5.41) is 3.08. The van der Waals surface area contributed by atoms with Gasteiger partial charge in [0.1, 0.15) is 0 Å². The molecule has 2 aliphatic rings. The van der Waals surface area contributed by atoms with Crippen molar-refractivity contribution < 1.29 is 14.3 Å². The Morgan fingerprint density at radius 3 is 2.74 bits per heavy atom. The summed E-state index contributed by atoms with van der Waals surface area (Å²) in [6, 6.07) is 14.0. The summed E-state index contributed by atoms with van der Waals surface area (Å²) in [5.41, 5.74) is 2.95. The van der Waals surface area contributed by atoms with Crippen LogP contribution in [0.1, 0.15) is 29.5 Å². The van der Waals surface area contributed by atoms with E-state index in [0.29, 0.717) is 6.54 Å². The lowest BCUT2D eigenvalue weighted by Crippen LogP contribution is -2.34. The molecule has 23 heavy (non-hydrogen) atoms. The lowest BCUT2D eigenvalue weighted by atomic mass is 9.94. The number of amides is 1. The molecule has 1 aliphatic carbocycles. The lowest BCUT2D eigenvalue weighted by molar-refractivity contribution is -0.123. The molecule has 2 aromatic carbocycles. The Balaban J connectivity index is 1.49. The zero-order valence-corrected chi connectivity index (χ0v) is 13.1. The Kier molecular flexibility index (Phi) is 3.26. The minimum Gasteiger partial charge on any atom is -0.454 e. The molecular formula is C19H19NO3. The standard InChI is InChI=1S/C19H19NO3/c1-13-3-2-4-14(9-13)11-20-18(21)19(7-8-19)15-5-6-16-17(10-15)23-12-22-16/h2-6,9-10H,7-8,11-12H2,1H3,(H,20,21). The topological polar surface area (TPSA) is 47.6 Å². The highest BCUT2D eigenvalue weighted by molar-refractivity contribution is 5.91. The van der Waals surface area contributed by atoms with Crippen molar-refractivity contribution in [3.8, 4) is 11.5 Å². The number of carbonyl (C=O) groups excluding carboxylic acids is 1. The maximum atomic E-state index is 12.7. The summed E-state index contributed by atoms with van der Waals surface area (Å²) in [7, 11) is 0. The molecule has 0 unspecified atom stereocenters. The van der Waals surface area contributed by atoms with Gasteiger partial charge in [-0.05, 0) is 43.0 Å². The van der Waals surface area contributed by atoms with E-state index in [1.165, 1.54) is 5.56 Å². The van der Waals surface area contributed by atoms with Crippen LogP contribution in [0.4, 0.5) is 0 Å². The molecular weight excluding hydrogens is 290 g/mol. The lowest BCUT2D eigenvalue weighted by Gasteiger charge is -2.16. The molecule has 1 fully saturated rings. The largest absolute Gasteiger partial charge is 0.454 e. The molecule has 0 spiro atoms. The average molecular weight is 309 g/mol. The number of aryl methyl sites for hydroxylation is 1. The summed E-state index contributed by atoms with van der Waals surface area (Å²) in [4.78, 5) is 12.7. The molecule has 1 saturated carbocycles. The first-order chi connectivity index (χ1) is 11.2. The summed E-state index contributed by atoms with van der Waals surface area (Å²) in [6.45, 7) is 2.87. The Bertz CT molecular complexity index is 765. The molecule has 0 saturated heterocycles. The van der Waals surface area contributed by atoms with E-state index in [1.807, 2.05) is 30.3 Å². The van der Waals surface area contributed by atoms with Gasteiger partial charge in [0.25, 0.3) is 0 Å². The van der Waals surface area contributed by atoms with E-state index >= 15 is 0 Å². The van der Waals surface area contributed by atoms with Gasteiger partial charge in [0, 0.05) is 6.54 Å². The highest BCUT2D eigenvalue weighted by atomic mass is 16.7. The van der Waals surface area contributed by atoms with E-state index in [0.717, 1.165) is 35.5 Å². The summed E-state index contributed by atoms with van der Waals surface area (Å²) in [5.74, 6) is 1.59. The monoisotopic (exact) mass is 309 g/mol. The molecule has 0 atom stereocenters. The number of ether oxygens (including phenoxy) is 2. The molecule has 118 valence electrons. The van der Waals surface area contributed by atoms with Gasteiger partial charge in [-0.15, -0.1) is 0 Å². The van der Waals surface area contributed by atoms with Gasteiger partial charge >= 0.3 is 0 Å². The molecule has 4 heteroatoms. The van der Waals surface area contributed by atoms with E-state index in [-0.39, 0.29) is 12.7 Å². The number of hydrogen-bond donors (Lipinski definition) is 1. The van der Waals surface area contributed by atoms with Crippen LogP contribution in [0, 0.1) is 6.92 Å². The molecule has 4 rings (SSSR count). The minimum atomic E-state index is -0.398.